The molecular weight excluding hydrogens is 294 g/mol. The summed E-state index contributed by atoms with van der Waals surface area (Å²) in [7, 11) is 0. The van der Waals surface area contributed by atoms with E-state index in [4.69, 9.17) is 10.2 Å². The maximum Gasteiger partial charge on any atom is 0.138 e. The van der Waals surface area contributed by atoms with Gasteiger partial charge < -0.3 is 10.2 Å². The summed E-state index contributed by atoms with van der Waals surface area (Å²) in [6.45, 7) is 10.5. The molecule has 0 saturated heterocycles. The third kappa shape index (κ3) is 3.88. The molecule has 0 aliphatic heterocycles. The van der Waals surface area contributed by atoms with E-state index in [-0.39, 0.29) is 0 Å². The molecule has 0 radical (unpaired) electrons. The lowest BCUT2D eigenvalue weighted by Crippen LogP contribution is -1.91. The topological polar surface area (TPSA) is 39.2 Å². The summed E-state index contributed by atoms with van der Waals surface area (Å²) in [4.78, 5) is 0. The highest BCUT2D eigenvalue weighted by atomic mass is 16.3. The molecule has 126 valence electrons. The van der Waals surface area contributed by atoms with Gasteiger partial charge in [0.15, 0.2) is 0 Å². The van der Waals surface area contributed by atoms with Gasteiger partial charge in [-0.3, -0.25) is 0 Å². The highest BCUT2D eigenvalue weighted by Gasteiger charge is 2.17. The lowest BCUT2D eigenvalue weighted by Gasteiger charge is -2.08. The number of hydrogen-bond donors (Lipinski definition) is 1. The van der Waals surface area contributed by atoms with Crippen molar-refractivity contribution in [2.45, 2.75) is 33.6 Å². The number of hydrogen-bond acceptors (Lipinski definition) is 2. The lowest BCUT2D eigenvalue weighted by molar-refractivity contribution is 0.580. The molecule has 0 fully saturated rings. The van der Waals surface area contributed by atoms with Gasteiger partial charge in [0, 0.05) is 10.9 Å². The first-order chi connectivity index (χ1) is 11.6. The average Bonchev–Trinajstić information content (AvgIpc) is 2.95. The lowest BCUT2D eigenvalue weighted by atomic mass is 9.97. The van der Waals surface area contributed by atoms with Crippen molar-refractivity contribution in [3.63, 3.8) is 0 Å². The van der Waals surface area contributed by atoms with Gasteiger partial charge in [-0.05, 0) is 49.1 Å². The van der Waals surface area contributed by atoms with Crippen LogP contribution in [0.1, 0.15) is 44.1 Å². The number of benzene rings is 1. The molecule has 2 rings (SSSR count). The summed E-state index contributed by atoms with van der Waals surface area (Å²) in [6, 6.07) is 6.29. The SMILES string of the molecule is C=Cc1c(/C(=C\C)CC(C)C)oc2c(C/C=C\C=C/N)cccc12. The molecule has 2 heteroatoms. The molecule has 0 unspecified atom stereocenters. The monoisotopic (exact) mass is 321 g/mol. The Kier molecular flexibility index (Phi) is 6.25. The number of allylic oxidation sites excluding steroid dienone is 5. The van der Waals surface area contributed by atoms with Crippen molar-refractivity contribution in [1.29, 1.82) is 0 Å². The first kappa shape index (κ1) is 17.9. The van der Waals surface area contributed by atoms with Gasteiger partial charge in [-0.15, -0.1) is 0 Å². The van der Waals surface area contributed by atoms with E-state index in [1.165, 1.54) is 17.3 Å². The van der Waals surface area contributed by atoms with Gasteiger partial charge in [0.2, 0.25) is 0 Å². The van der Waals surface area contributed by atoms with E-state index in [9.17, 15) is 0 Å². The van der Waals surface area contributed by atoms with Crippen LogP contribution in [-0.2, 0) is 6.42 Å². The summed E-state index contributed by atoms with van der Waals surface area (Å²) in [5.74, 6) is 1.53. The van der Waals surface area contributed by atoms with Gasteiger partial charge in [-0.2, -0.15) is 0 Å². The molecular formula is C22H27NO. The molecule has 0 amide bonds. The molecule has 0 spiro atoms. The first-order valence-corrected chi connectivity index (χ1v) is 8.48. The fraction of sp³-hybridized carbons (Fsp3) is 0.273. The Morgan fingerprint density at radius 1 is 1.29 bits per heavy atom. The van der Waals surface area contributed by atoms with Crippen LogP contribution < -0.4 is 5.73 Å². The zero-order chi connectivity index (χ0) is 17.5. The second kappa shape index (κ2) is 8.39. The molecule has 1 aromatic carbocycles. The molecule has 0 saturated carbocycles. The number of rotatable bonds is 7. The molecule has 2 aromatic rings. The Hall–Kier alpha value is -2.48. The van der Waals surface area contributed by atoms with Crippen molar-refractivity contribution >= 4 is 22.6 Å². The van der Waals surface area contributed by atoms with E-state index >= 15 is 0 Å². The minimum atomic E-state index is 0.576. The molecule has 1 heterocycles. The number of furan rings is 1. The van der Waals surface area contributed by atoms with Gasteiger partial charge in [-0.1, -0.05) is 62.9 Å². The molecule has 24 heavy (non-hydrogen) atoms. The summed E-state index contributed by atoms with van der Waals surface area (Å²) in [5, 5.41) is 1.13. The van der Waals surface area contributed by atoms with Gasteiger partial charge in [0.25, 0.3) is 0 Å². The maximum atomic E-state index is 6.32. The Balaban J connectivity index is 2.53. The molecule has 0 aliphatic carbocycles. The van der Waals surface area contributed by atoms with E-state index in [2.05, 4.69) is 57.7 Å². The first-order valence-electron chi connectivity index (χ1n) is 8.48. The van der Waals surface area contributed by atoms with Crippen LogP contribution in [0, 0.1) is 5.92 Å². The number of fused-ring (bicyclic) bond motifs is 1. The zero-order valence-electron chi connectivity index (χ0n) is 14.9. The fourth-order valence-electron chi connectivity index (χ4n) is 2.92. The molecule has 0 atom stereocenters. The van der Waals surface area contributed by atoms with Crippen LogP contribution in [-0.4, -0.2) is 0 Å². The van der Waals surface area contributed by atoms with Crippen molar-refractivity contribution in [1.82, 2.24) is 0 Å². The van der Waals surface area contributed by atoms with Gasteiger partial charge in [-0.25, -0.2) is 0 Å². The van der Waals surface area contributed by atoms with Crippen LogP contribution in [0.4, 0.5) is 0 Å². The van der Waals surface area contributed by atoms with Gasteiger partial charge >= 0.3 is 0 Å². The molecule has 0 bridgehead atoms. The fourth-order valence-corrected chi connectivity index (χ4v) is 2.92. The van der Waals surface area contributed by atoms with Crippen LogP contribution in [0.2, 0.25) is 0 Å². The number of nitrogens with two attached hydrogens (primary N) is 1. The van der Waals surface area contributed by atoms with Crippen LogP contribution in [0.15, 0.2) is 59.7 Å². The van der Waals surface area contributed by atoms with Crippen molar-refractivity contribution < 1.29 is 4.42 Å². The van der Waals surface area contributed by atoms with Crippen molar-refractivity contribution in [3.8, 4) is 0 Å². The minimum absolute atomic E-state index is 0.576. The zero-order valence-corrected chi connectivity index (χ0v) is 14.9. The third-order valence-corrected chi connectivity index (χ3v) is 4.00. The predicted octanol–water partition coefficient (Wildman–Crippen LogP) is 6.10. The van der Waals surface area contributed by atoms with E-state index < -0.39 is 0 Å². The molecule has 2 N–H and O–H groups in total. The molecule has 0 aliphatic rings. The van der Waals surface area contributed by atoms with Crippen molar-refractivity contribution in [3.05, 3.63) is 72.2 Å². The second-order valence-corrected chi connectivity index (χ2v) is 6.27. The molecule has 2 nitrogen and oxygen atoms in total. The van der Waals surface area contributed by atoms with Crippen molar-refractivity contribution in [2.24, 2.45) is 11.7 Å². The Morgan fingerprint density at radius 3 is 2.71 bits per heavy atom. The van der Waals surface area contributed by atoms with E-state index in [1.54, 1.807) is 0 Å². The third-order valence-electron chi connectivity index (χ3n) is 4.00. The van der Waals surface area contributed by atoms with Crippen molar-refractivity contribution in [2.75, 3.05) is 0 Å². The Morgan fingerprint density at radius 2 is 2.08 bits per heavy atom. The van der Waals surface area contributed by atoms with Crippen LogP contribution in [0.25, 0.3) is 22.6 Å². The summed E-state index contributed by atoms with van der Waals surface area (Å²) < 4.78 is 6.32. The van der Waals surface area contributed by atoms with E-state index in [0.29, 0.717) is 5.92 Å². The van der Waals surface area contributed by atoms with Crippen LogP contribution >= 0.6 is 0 Å². The maximum absolute atomic E-state index is 6.32. The predicted molar refractivity (Wildman–Crippen MR) is 106 cm³/mol. The van der Waals surface area contributed by atoms with E-state index in [0.717, 1.165) is 35.1 Å². The second-order valence-electron chi connectivity index (χ2n) is 6.27. The Labute approximate surface area is 145 Å². The van der Waals surface area contributed by atoms with Crippen LogP contribution in [0.5, 0.6) is 0 Å². The molecule has 1 aromatic heterocycles. The quantitative estimate of drug-likeness (QED) is 0.626. The number of para-hydroxylation sites is 1. The van der Waals surface area contributed by atoms with E-state index in [1.807, 2.05) is 18.2 Å². The summed E-state index contributed by atoms with van der Waals surface area (Å²) >= 11 is 0. The van der Waals surface area contributed by atoms with Crippen LogP contribution in [0.3, 0.4) is 0 Å². The summed E-state index contributed by atoms with van der Waals surface area (Å²) in [5.41, 5.74) is 9.81. The summed E-state index contributed by atoms with van der Waals surface area (Å²) in [6.07, 6.45) is 13.2. The normalized spacial score (nSPS) is 12.9. The highest BCUT2D eigenvalue weighted by molar-refractivity contribution is 5.94. The smallest absolute Gasteiger partial charge is 0.138 e. The minimum Gasteiger partial charge on any atom is -0.455 e. The Bertz CT molecular complexity index is 788. The van der Waals surface area contributed by atoms with Gasteiger partial charge in [0.05, 0.1) is 0 Å². The standard InChI is InChI=1S/C22H27NO/c1-5-17(15-16(3)4)21-19(6-2)20-13-10-12-18(22(20)24-21)11-8-7-9-14-23/h5-10,12-14,16H,2,11,15,23H2,1,3-4H3/b8-7-,14-9-,17-5-. The largest absolute Gasteiger partial charge is 0.455 e. The average molecular weight is 321 g/mol. The highest BCUT2D eigenvalue weighted by Crippen LogP contribution is 2.36. The van der Waals surface area contributed by atoms with Gasteiger partial charge in [0.1, 0.15) is 11.3 Å².